The van der Waals surface area contributed by atoms with E-state index >= 15 is 0 Å². The van der Waals surface area contributed by atoms with Gasteiger partial charge in [0.25, 0.3) is 5.56 Å². The van der Waals surface area contributed by atoms with Crippen molar-refractivity contribution in [2.45, 2.75) is 19.4 Å². The van der Waals surface area contributed by atoms with Crippen molar-refractivity contribution in [3.05, 3.63) is 46.3 Å². The molecule has 3 rings (SSSR count). The number of carbonyl (C=O) groups excluding carboxylic acids is 1. The zero-order valence-electron chi connectivity index (χ0n) is 12.8. The Morgan fingerprint density at radius 1 is 1.35 bits per heavy atom. The lowest BCUT2D eigenvalue weighted by atomic mass is 10.1. The fraction of sp³-hybridized carbons (Fsp3) is 0.375. The molecule has 0 saturated heterocycles. The zero-order valence-corrected chi connectivity index (χ0v) is 12.8. The van der Waals surface area contributed by atoms with Crippen LogP contribution in [0.4, 0.5) is 0 Å². The fourth-order valence-corrected chi connectivity index (χ4v) is 2.51. The molecule has 0 aliphatic carbocycles. The lowest BCUT2D eigenvalue weighted by Gasteiger charge is -2.14. The first-order valence-corrected chi connectivity index (χ1v) is 7.72. The topological polar surface area (TPSA) is 88.9 Å². The predicted octanol–water partition coefficient (Wildman–Crippen LogP) is 0.217. The van der Waals surface area contributed by atoms with E-state index in [-0.39, 0.29) is 24.4 Å². The smallest absolute Gasteiger partial charge is 0.277 e. The van der Waals surface area contributed by atoms with Gasteiger partial charge in [0, 0.05) is 19.5 Å². The lowest BCUT2D eigenvalue weighted by molar-refractivity contribution is -0.121. The monoisotopic (exact) mass is 313 g/mol. The number of fused-ring (bicyclic) bond motifs is 1. The number of rotatable bonds is 5. The normalized spacial score (nSPS) is 14.5. The van der Waals surface area contributed by atoms with E-state index in [1.165, 1.54) is 10.3 Å². The van der Waals surface area contributed by atoms with E-state index in [1.807, 2.05) is 6.07 Å². The summed E-state index contributed by atoms with van der Waals surface area (Å²) in [7, 11) is 0. The highest BCUT2D eigenvalue weighted by Gasteiger charge is 2.09. The molecule has 0 radical (unpaired) electrons. The van der Waals surface area contributed by atoms with Crippen LogP contribution in [0.5, 0.6) is 0 Å². The van der Waals surface area contributed by atoms with Gasteiger partial charge in [0.15, 0.2) is 0 Å². The minimum atomic E-state index is -0.218. The van der Waals surface area contributed by atoms with Gasteiger partial charge in [-0.05, 0) is 25.1 Å². The molecule has 2 heterocycles. The largest absolute Gasteiger partial charge is 0.352 e. The quantitative estimate of drug-likeness (QED) is 0.771. The maximum absolute atomic E-state index is 12.3. The molecule has 1 aliphatic rings. The molecule has 0 spiro atoms. The summed E-state index contributed by atoms with van der Waals surface area (Å²) in [5, 5.41) is 14.5. The highest BCUT2D eigenvalue weighted by atomic mass is 16.2. The Bertz CT molecular complexity index is 796. The second kappa shape index (κ2) is 7.15. The molecule has 2 aromatic rings. The minimum Gasteiger partial charge on any atom is -0.352 e. The average molecular weight is 313 g/mol. The second-order valence-electron chi connectivity index (χ2n) is 5.48. The average Bonchev–Trinajstić information content (AvgIpc) is 2.60. The Morgan fingerprint density at radius 3 is 3.04 bits per heavy atom. The van der Waals surface area contributed by atoms with Gasteiger partial charge in [0.1, 0.15) is 5.52 Å². The number of benzene rings is 1. The van der Waals surface area contributed by atoms with Crippen molar-refractivity contribution in [1.29, 1.82) is 0 Å². The van der Waals surface area contributed by atoms with Crippen LogP contribution in [0.1, 0.15) is 12.8 Å². The van der Waals surface area contributed by atoms with Crippen LogP contribution in [-0.4, -0.2) is 40.5 Å². The van der Waals surface area contributed by atoms with Gasteiger partial charge in [0.05, 0.1) is 11.9 Å². The molecule has 23 heavy (non-hydrogen) atoms. The number of amides is 1. The first-order chi connectivity index (χ1) is 11.2. The van der Waals surface area contributed by atoms with Crippen molar-refractivity contribution in [1.82, 2.24) is 25.6 Å². The molecule has 0 fully saturated rings. The van der Waals surface area contributed by atoms with E-state index < -0.39 is 0 Å². The third-order valence-electron chi connectivity index (χ3n) is 3.85. The van der Waals surface area contributed by atoms with E-state index in [4.69, 9.17) is 0 Å². The number of nitrogens with zero attached hydrogens (tertiary/aromatic N) is 3. The van der Waals surface area contributed by atoms with E-state index in [9.17, 15) is 9.59 Å². The van der Waals surface area contributed by atoms with E-state index in [1.54, 1.807) is 18.2 Å². The lowest BCUT2D eigenvalue weighted by Crippen LogP contribution is -2.32. The summed E-state index contributed by atoms with van der Waals surface area (Å²) in [6.07, 6.45) is 3.26. The number of nitrogens with one attached hydrogen (secondary N) is 2. The maximum Gasteiger partial charge on any atom is 0.277 e. The Kier molecular flexibility index (Phi) is 4.77. The van der Waals surface area contributed by atoms with Crippen molar-refractivity contribution in [2.24, 2.45) is 0 Å². The summed E-state index contributed by atoms with van der Waals surface area (Å²) in [5.74, 6) is -0.0914. The van der Waals surface area contributed by atoms with Gasteiger partial charge in [-0.15, -0.1) is 5.10 Å². The van der Waals surface area contributed by atoms with Gasteiger partial charge in [-0.3, -0.25) is 9.59 Å². The molecule has 1 aromatic carbocycles. The van der Waals surface area contributed by atoms with Crippen LogP contribution in [-0.2, 0) is 11.3 Å². The number of hydrogen-bond acceptors (Lipinski definition) is 5. The molecule has 7 heteroatoms. The summed E-state index contributed by atoms with van der Waals surface area (Å²) < 4.78 is 1.24. The van der Waals surface area contributed by atoms with Crippen LogP contribution in [0.15, 0.2) is 40.7 Å². The van der Waals surface area contributed by atoms with Crippen LogP contribution in [0.3, 0.4) is 0 Å². The standard InChI is InChI=1S/C16H19N5O2/c22-15(18-11-12-5-8-17-9-6-12)7-10-21-16(23)13-3-1-2-4-14(13)19-20-21/h1-5,17H,6-11H2,(H,18,22). The minimum absolute atomic E-state index is 0.0914. The van der Waals surface area contributed by atoms with Gasteiger partial charge in [-0.25, -0.2) is 4.68 Å². The van der Waals surface area contributed by atoms with Crippen molar-refractivity contribution in [2.75, 3.05) is 19.6 Å². The van der Waals surface area contributed by atoms with Gasteiger partial charge < -0.3 is 10.6 Å². The van der Waals surface area contributed by atoms with E-state index in [2.05, 4.69) is 27.0 Å². The molecule has 7 nitrogen and oxygen atoms in total. The van der Waals surface area contributed by atoms with Crippen molar-refractivity contribution >= 4 is 16.8 Å². The number of aromatic nitrogens is 3. The zero-order chi connectivity index (χ0) is 16.1. The van der Waals surface area contributed by atoms with E-state index in [0.29, 0.717) is 17.4 Å². The molecular weight excluding hydrogens is 294 g/mol. The third kappa shape index (κ3) is 3.81. The Balaban J connectivity index is 1.57. The second-order valence-corrected chi connectivity index (χ2v) is 5.48. The molecule has 0 unspecified atom stereocenters. The maximum atomic E-state index is 12.3. The molecule has 0 bridgehead atoms. The van der Waals surface area contributed by atoms with Crippen LogP contribution < -0.4 is 16.2 Å². The van der Waals surface area contributed by atoms with Crippen molar-refractivity contribution < 1.29 is 4.79 Å². The first-order valence-electron chi connectivity index (χ1n) is 7.72. The summed E-state index contributed by atoms with van der Waals surface area (Å²) >= 11 is 0. The van der Waals surface area contributed by atoms with Gasteiger partial charge in [-0.2, -0.15) is 0 Å². The fourth-order valence-electron chi connectivity index (χ4n) is 2.51. The van der Waals surface area contributed by atoms with E-state index in [0.717, 1.165) is 19.5 Å². The highest BCUT2D eigenvalue weighted by molar-refractivity contribution is 5.77. The summed E-state index contributed by atoms with van der Waals surface area (Å²) in [5.41, 5.74) is 1.58. The number of aryl methyl sites for hydroxylation is 1. The van der Waals surface area contributed by atoms with Crippen LogP contribution >= 0.6 is 0 Å². The van der Waals surface area contributed by atoms with Gasteiger partial charge in [-0.1, -0.05) is 29.0 Å². The highest BCUT2D eigenvalue weighted by Crippen LogP contribution is 2.04. The Morgan fingerprint density at radius 2 is 2.22 bits per heavy atom. The molecule has 1 aliphatic heterocycles. The summed E-state index contributed by atoms with van der Waals surface area (Å²) in [4.78, 5) is 24.2. The SMILES string of the molecule is O=C(CCn1nnc2ccccc2c1=O)NCC1=CCNCC1. The Labute approximate surface area is 133 Å². The first kappa shape index (κ1) is 15.4. The van der Waals surface area contributed by atoms with Crippen LogP contribution in [0.2, 0.25) is 0 Å². The van der Waals surface area contributed by atoms with Crippen molar-refractivity contribution in [3.63, 3.8) is 0 Å². The van der Waals surface area contributed by atoms with Crippen molar-refractivity contribution in [3.8, 4) is 0 Å². The Hall–Kier alpha value is -2.54. The van der Waals surface area contributed by atoms with Crippen LogP contribution in [0.25, 0.3) is 10.9 Å². The third-order valence-corrected chi connectivity index (χ3v) is 3.85. The predicted molar refractivity (Wildman–Crippen MR) is 87.0 cm³/mol. The number of hydrogen-bond donors (Lipinski definition) is 2. The van der Waals surface area contributed by atoms with Gasteiger partial charge in [0.2, 0.25) is 5.91 Å². The molecule has 120 valence electrons. The molecule has 0 saturated carbocycles. The number of carbonyl (C=O) groups is 1. The molecule has 1 aromatic heterocycles. The molecule has 0 atom stereocenters. The molecule has 1 amide bonds. The van der Waals surface area contributed by atoms with Gasteiger partial charge >= 0.3 is 0 Å². The summed E-state index contributed by atoms with van der Waals surface area (Å²) in [6, 6.07) is 7.05. The molecular formula is C16H19N5O2. The summed E-state index contributed by atoms with van der Waals surface area (Å²) in [6.45, 7) is 2.60. The molecule has 2 N–H and O–H groups in total. The van der Waals surface area contributed by atoms with Crippen LogP contribution in [0, 0.1) is 0 Å².